The number of hydrogen-bond acceptors (Lipinski definition) is 6. The van der Waals surface area contributed by atoms with Crippen LogP contribution in [-0.2, 0) is 10.5 Å². The highest BCUT2D eigenvalue weighted by atomic mass is 32.2. The van der Waals surface area contributed by atoms with Crippen molar-refractivity contribution in [2.75, 3.05) is 0 Å². The Kier molecular flexibility index (Phi) is 5.24. The number of aromatic nitrogens is 2. The molecule has 0 aliphatic heterocycles. The van der Waals surface area contributed by atoms with Crippen LogP contribution in [0, 0.1) is 6.92 Å². The number of thioether (sulfide) groups is 1. The summed E-state index contributed by atoms with van der Waals surface area (Å²) < 4.78 is 5.22. The monoisotopic (exact) mass is 374 g/mol. The van der Waals surface area contributed by atoms with E-state index in [1.807, 2.05) is 45.0 Å². The number of H-pyrrole nitrogens is 1. The summed E-state index contributed by atoms with van der Waals surface area (Å²) in [6, 6.07) is 9.16. The molecule has 0 bridgehead atoms. The van der Waals surface area contributed by atoms with Gasteiger partial charge in [0.25, 0.3) is 5.56 Å². The van der Waals surface area contributed by atoms with Crippen molar-refractivity contribution in [2.45, 2.75) is 37.8 Å². The van der Waals surface area contributed by atoms with E-state index in [4.69, 9.17) is 4.74 Å². The molecule has 0 saturated carbocycles. The molecule has 0 radical (unpaired) electrons. The van der Waals surface area contributed by atoms with E-state index in [1.165, 1.54) is 23.1 Å². The van der Waals surface area contributed by atoms with Gasteiger partial charge in [-0.1, -0.05) is 23.9 Å². The standard InChI is InChI=1S/C18H18N2O3S2/c1-10(2)23-17(22)13-6-4-5-12(8-13)9-24-18-19-15(21)14-7-11(3)25-16(14)20-18/h4-8,10H,9H2,1-3H3,(H,19,20,21). The fourth-order valence-electron chi connectivity index (χ4n) is 2.32. The number of thiophene rings is 1. The predicted octanol–water partition coefficient (Wildman–Crippen LogP) is 4.15. The number of nitrogens with one attached hydrogen (secondary N) is 1. The molecule has 7 heteroatoms. The molecule has 0 spiro atoms. The van der Waals surface area contributed by atoms with Gasteiger partial charge in [-0.2, -0.15) is 0 Å². The lowest BCUT2D eigenvalue weighted by atomic mass is 10.1. The van der Waals surface area contributed by atoms with E-state index in [1.54, 1.807) is 6.07 Å². The molecule has 1 N–H and O–H groups in total. The maximum absolute atomic E-state index is 12.1. The van der Waals surface area contributed by atoms with Gasteiger partial charge in [0.1, 0.15) is 4.83 Å². The minimum Gasteiger partial charge on any atom is -0.459 e. The Bertz CT molecular complexity index is 976. The van der Waals surface area contributed by atoms with Gasteiger partial charge >= 0.3 is 5.97 Å². The van der Waals surface area contributed by atoms with Crippen LogP contribution in [0.4, 0.5) is 0 Å². The zero-order valence-electron chi connectivity index (χ0n) is 14.2. The van der Waals surface area contributed by atoms with Gasteiger partial charge < -0.3 is 9.72 Å². The van der Waals surface area contributed by atoms with Gasteiger partial charge in [-0.15, -0.1) is 11.3 Å². The SMILES string of the molecule is Cc1cc2c(=O)[nH]c(SCc3cccc(C(=O)OC(C)C)c3)nc2s1. The van der Waals surface area contributed by atoms with Crippen molar-refractivity contribution in [3.63, 3.8) is 0 Å². The van der Waals surface area contributed by atoms with Gasteiger partial charge in [-0.25, -0.2) is 9.78 Å². The maximum Gasteiger partial charge on any atom is 0.338 e. The van der Waals surface area contributed by atoms with Gasteiger partial charge in [0.2, 0.25) is 0 Å². The van der Waals surface area contributed by atoms with Crippen LogP contribution in [-0.4, -0.2) is 22.0 Å². The summed E-state index contributed by atoms with van der Waals surface area (Å²) in [6.45, 7) is 5.60. The average molecular weight is 374 g/mol. The number of carbonyl (C=O) groups is 1. The summed E-state index contributed by atoms with van der Waals surface area (Å²) in [5, 5.41) is 1.21. The first kappa shape index (κ1) is 17.7. The highest BCUT2D eigenvalue weighted by molar-refractivity contribution is 7.98. The summed E-state index contributed by atoms with van der Waals surface area (Å²) in [7, 11) is 0. The quantitative estimate of drug-likeness (QED) is 0.413. The molecule has 0 aliphatic carbocycles. The van der Waals surface area contributed by atoms with Gasteiger partial charge in [-0.05, 0) is 44.5 Å². The fourth-order valence-corrected chi connectivity index (χ4v) is 4.06. The fraction of sp³-hybridized carbons (Fsp3) is 0.278. The number of fused-ring (bicyclic) bond motifs is 1. The van der Waals surface area contributed by atoms with Crippen LogP contribution >= 0.6 is 23.1 Å². The molecule has 5 nitrogen and oxygen atoms in total. The number of rotatable bonds is 5. The average Bonchev–Trinajstić information content (AvgIpc) is 2.93. The van der Waals surface area contributed by atoms with Crippen molar-refractivity contribution in [3.05, 3.63) is 56.7 Å². The van der Waals surface area contributed by atoms with Crippen LogP contribution in [0.2, 0.25) is 0 Å². The minimum absolute atomic E-state index is 0.119. The summed E-state index contributed by atoms with van der Waals surface area (Å²) in [6.07, 6.45) is -0.152. The van der Waals surface area contributed by atoms with Crippen molar-refractivity contribution < 1.29 is 9.53 Å². The van der Waals surface area contributed by atoms with E-state index in [9.17, 15) is 9.59 Å². The molecule has 0 saturated heterocycles. The van der Waals surface area contributed by atoms with Crippen LogP contribution in [0.1, 0.15) is 34.6 Å². The molecular weight excluding hydrogens is 356 g/mol. The lowest BCUT2D eigenvalue weighted by Crippen LogP contribution is -2.11. The van der Waals surface area contributed by atoms with Gasteiger partial charge in [0.15, 0.2) is 5.16 Å². The number of benzene rings is 1. The molecule has 0 unspecified atom stereocenters. The predicted molar refractivity (Wildman–Crippen MR) is 102 cm³/mol. The van der Waals surface area contributed by atoms with E-state index in [0.717, 1.165) is 15.3 Å². The smallest absolute Gasteiger partial charge is 0.338 e. The molecule has 2 aromatic heterocycles. The molecular formula is C18H18N2O3S2. The zero-order valence-corrected chi connectivity index (χ0v) is 15.8. The first-order valence-electron chi connectivity index (χ1n) is 7.85. The number of nitrogens with zero attached hydrogens (tertiary/aromatic N) is 1. The van der Waals surface area contributed by atoms with Gasteiger partial charge in [0.05, 0.1) is 17.1 Å². The minimum atomic E-state index is -0.330. The lowest BCUT2D eigenvalue weighted by Gasteiger charge is -2.09. The molecule has 0 atom stereocenters. The third-order valence-corrected chi connectivity index (χ3v) is 5.27. The third kappa shape index (κ3) is 4.29. The zero-order chi connectivity index (χ0) is 18.0. The first-order valence-corrected chi connectivity index (χ1v) is 9.66. The number of carbonyl (C=O) groups excluding carboxylic acids is 1. The van der Waals surface area contributed by atoms with Crippen LogP contribution in [0.25, 0.3) is 10.2 Å². The Labute approximate surface area is 153 Å². The van der Waals surface area contributed by atoms with E-state index < -0.39 is 0 Å². The van der Waals surface area contributed by atoms with Crippen LogP contribution in [0.5, 0.6) is 0 Å². The number of ether oxygens (including phenoxy) is 1. The van der Waals surface area contributed by atoms with Crippen LogP contribution in [0.15, 0.2) is 40.3 Å². The van der Waals surface area contributed by atoms with Crippen LogP contribution < -0.4 is 5.56 Å². The van der Waals surface area contributed by atoms with Crippen molar-refractivity contribution >= 4 is 39.3 Å². The van der Waals surface area contributed by atoms with Crippen LogP contribution in [0.3, 0.4) is 0 Å². The second-order valence-electron chi connectivity index (χ2n) is 5.89. The van der Waals surface area contributed by atoms with Crippen molar-refractivity contribution in [2.24, 2.45) is 0 Å². The Morgan fingerprint density at radius 3 is 2.92 bits per heavy atom. The molecule has 1 aromatic carbocycles. The maximum atomic E-state index is 12.1. The molecule has 0 fully saturated rings. The number of hydrogen-bond donors (Lipinski definition) is 1. The molecule has 0 amide bonds. The van der Waals surface area contributed by atoms with Crippen molar-refractivity contribution in [1.29, 1.82) is 0 Å². The highest BCUT2D eigenvalue weighted by Gasteiger charge is 2.11. The summed E-state index contributed by atoms with van der Waals surface area (Å²) in [5.41, 5.74) is 1.37. The third-order valence-electron chi connectivity index (χ3n) is 3.38. The summed E-state index contributed by atoms with van der Waals surface area (Å²) in [4.78, 5) is 33.2. The van der Waals surface area contributed by atoms with Crippen molar-refractivity contribution in [3.8, 4) is 0 Å². The highest BCUT2D eigenvalue weighted by Crippen LogP contribution is 2.24. The number of esters is 1. The Balaban J connectivity index is 1.75. The number of aryl methyl sites for hydroxylation is 1. The molecule has 130 valence electrons. The number of aromatic amines is 1. The molecule has 3 rings (SSSR count). The summed E-state index contributed by atoms with van der Waals surface area (Å²) >= 11 is 2.94. The molecule has 2 heterocycles. The lowest BCUT2D eigenvalue weighted by molar-refractivity contribution is 0.0378. The van der Waals surface area contributed by atoms with E-state index in [-0.39, 0.29) is 17.6 Å². The second kappa shape index (κ2) is 7.41. The second-order valence-corrected chi connectivity index (χ2v) is 8.09. The first-order chi connectivity index (χ1) is 11.9. The van der Waals surface area contributed by atoms with Crippen molar-refractivity contribution in [1.82, 2.24) is 9.97 Å². The molecule has 25 heavy (non-hydrogen) atoms. The normalized spacial score (nSPS) is 11.2. The van der Waals surface area contributed by atoms with Gasteiger partial charge in [-0.3, -0.25) is 4.79 Å². The topological polar surface area (TPSA) is 72.0 Å². The Hall–Kier alpha value is -2.12. The summed E-state index contributed by atoms with van der Waals surface area (Å²) in [5.74, 6) is 0.269. The molecule has 3 aromatic rings. The van der Waals surface area contributed by atoms with Gasteiger partial charge in [0, 0.05) is 10.6 Å². The van der Waals surface area contributed by atoms with E-state index in [2.05, 4.69) is 9.97 Å². The van der Waals surface area contributed by atoms with E-state index >= 15 is 0 Å². The Morgan fingerprint density at radius 1 is 1.36 bits per heavy atom. The van der Waals surface area contributed by atoms with E-state index in [0.29, 0.717) is 21.9 Å². The Morgan fingerprint density at radius 2 is 2.16 bits per heavy atom. The largest absolute Gasteiger partial charge is 0.459 e. The molecule has 0 aliphatic rings.